The summed E-state index contributed by atoms with van der Waals surface area (Å²) in [6.45, 7) is 5.08. The number of ether oxygens (including phenoxy) is 1. The van der Waals surface area contributed by atoms with Crippen LogP contribution in [0.3, 0.4) is 0 Å². The van der Waals surface area contributed by atoms with Crippen LogP contribution in [-0.2, 0) is 9.53 Å². The standard InChI is InChI=1S/C14H24N4O2/c1-12-4-5-13(18-10-12)16-6-3-7-17-14(19)11-15-8-9-20-2/h4-5,10,15H,3,6-9,11H2,1-2H3,(H,16,18)(H,17,19). The van der Waals surface area contributed by atoms with Crippen LogP contribution >= 0.6 is 0 Å². The first kappa shape index (κ1) is 16.4. The van der Waals surface area contributed by atoms with Gasteiger partial charge in [0.2, 0.25) is 5.91 Å². The van der Waals surface area contributed by atoms with Gasteiger partial charge in [0.15, 0.2) is 0 Å². The summed E-state index contributed by atoms with van der Waals surface area (Å²) in [6, 6.07) is 3.97. The van der Waals surface area contributed by atoms with Gasteiger partial charge in [-0.25, -0.2) is 4.98 Å². The maximum Gasteiger partial charge on any atom is 0.233 e. The molecule has 6 heteroatoms. The lowest BCUT2D eigenvalue weighted by molar-refractivity contribution is -0.120. The van der Waals surface area contributed by atoms with E-state index in [1.54, 1.807) is 7.11 Å². The van der Waals surface area contributed by atoms with Crippen LogP contribution in [0.5, 0.6) is 0 Å². The van der Waals surface area contributed by atoms with Crippen molar-refractivity contribution >= 4 is 11.7 Å². The van der Waals surface area contributed by atoms with Crippen molar-refractivity contribution in [3.63, 3.8) is 0 Å². The first-order chi connectivity index (χ1) is 9.72. The zero-order valence-corrected chi connectivity index (χ0v) is 12.2. The minimum atomic E-state index is 0.00886. The van der Waals surface area contributed by atoms with Crippen LogP contribution in [0.25, 0.3) is 0 Å². The zero-order valence-electron chi connectivity index (χ0n) is 12.2. The molecule has 0 unspecified atom stereocenters. The average Bonchev–Trinajstić information content (AvgIpc) is 2.45. The molecule has 0 aliphatic heterocycles. The average molecular weight is 280 g/mol. The highest BCUT2D eigenvalue weighted by Gasteiger charge is 1.99. The van der Waals surface area contributed by atoms with Crippen molar-refractivity contribution in [2.24, 2.45) is 0 Å². The minimum Gasteiger partial charge on any atom is -0.383 e. The number of anilines is 1. The van der Waals surface area contributed by atoms with Gasteiger partial charge in [0.1, 0.15) is 5.82 Å². The van der Waals surface area contributed by atoms with E-state index in [0.29, 0.717) is 26.2 Å². The topological polar surface area (TPSA) is 75.3 Å². The SMILES string of the molecule is COCCNCC(=O)NCCCNc1ccc(C)cn1. The number of nitrogens with zero attached hydrogens (tertiary/aromatic N) is 1. The van der Waals surface area contributed by atoms with E-state index in [1.165, 1.54) is 0 Å². The van der Waals surface area contributed by atoms with Crippen LogP contribution in [0, 0.1) is 6.92 Å². The second kappa shape index (κ2) is 10.2. The summed E-state index contributed by atoms with van der Waals surface area (Å²) in [5, 5.41) is 9.06. The van der Waals surface area contributed by atoms with Crippen molar-refractivity contribution < 1.29 is 9.53 Å². The summed E-state index contributed by atoms with van der Waals surface area (Å²) in [7, 11) is 1.64. The van der Waals surface area contributed by atoms with Gasteiger partial charge in [0.05, 0.1) is 13.2 Å². The summed E-state index contributed by atoms with van der Waals surface area (Å²) in [5.41, 5.74) is 1.14. The first-order valence-electron chi connectivity index (χ1n) is 6.85. The molecular weight excluding hydrogens is 256 g/mol. The lowest BCUT2D eigenvalue weighted by atomic mass is 10.3. The number of hydrogen-bond acceptors (Lipinski definition) is 5. The van der Waals surface area contributed by atoms with E-state index in [4.69, 9.17) is 4.74 Å². The fourth-order valence-corrected chi connectivity index (χ4v) is 1.54. The number of amides is 1. The third kappa shape index (κ3) is 7.70. The normalized spacial score (nSPS) is 10.3. The molecule has 0 spiro atoms. The number of aryl methyl sites for hydroxylation is 1. The summed E-state index contributed by atoms with van der Waals surface area (Å²) in [6.07, 6.45) is 2.69. The van der Waals surface area contributed by atoms with Gasteiger partial charge in [-0.1, -0.05) is 6.07 Å². The maximum absolute atomic E-state index is 11.4. The van der Waals surface area contributed by atoms with Crippen LogP contribution in [-0.4, -0.2) is 50.8 Å². The molecule has 1 heterocycles. The Balaban J connectivity index is 1.98. The van der Waals surface area contributed by atoms with E-state index in [1.807, 2.05) is 25.3 Å². The van der Waals surface area contributed by atoms with Crippen LogP contribution in [0.15, 0.2) is 18.3 Å². The summed E-state index contributed by atoms with van der Waals surface area (Å²) >= 11 is 0. The highest BCUT2D eigenvalue weighted by atomic mass is 16.5. The number of aromatic nitrogens is 1. The van der Waals surface area contributed by atoms with Crippen LogP contribution in [0.1, 0.15) is 12.0 Å². The monoisotopic (exact) mass is 280 g/mol. The van der Waals surface area contributed by atoms with Gasteiger partial charge >= 0.3 is 0 Å². The lowest BCUT2D eigenvalue weighted by Crippen LogP contribution is -2.36. The third-order valence-corrected chi connectivity index (χ3v) is 2.66. The summed E-state index contributed by atoms with van der Waals surface area (Å²) in [5.74, 6) is 0.873. The minimum absolute atomic E-state index is 0.00886. The molecule has 1 amide bonds. The summed E-state index contributed by atoms with van der Waals surface area (Å²) in [4.78, 5) is 15.7. The van der Waals surface area contributed by atoms with Gasteiger partial charge < -0.3 is 20.7 Å². The van der Waals surface area contributed by atoms with Gasteiger partial charge in [-0.2, -0.15) is 0 Å². The van der Waals surface area contributed by atoms with E-state index >= 15 is 0 Å². The maximum atomic E-state index is 11.4. The van der Waals surface area contributed by atoms with E-state index in [2.05, 4.69) is 20.9 Å². The fourth-order valence-electron chi connectivity index (χ4n) is 1.54. The van der Waals surface area contributed by atoms with Crippen molar-refractivity contribution in [3.05, 3.63) is 23.9 Å². The van der Waals surface area contributed by atoms with Crippen molar-refractivity contribution in [1.82, 2.24) is 15.6 Å². The lowest BCUT2D eigenvalue weighted by Gasteiger charge is -2.08. The van der Waals surface area contributed by atoms with Crippen LogP contribution in [0.2, 0.25) is 0 Å². The number of methoxy groups -OCH3 is 1. The Bertz CT molecular complexity index is 381. The number of rotatable bonds is 10. The van der Waals surface area contributed by atoms with Gasteiger partial charge in [0, 0.05) is 32.9 Å². The molecule has 0 bridgehead atoms. The Morgan fingerprint density at radius 1 is 1.30 bits per heavy atom. The summed E-state index contributed by atoms with van der Waals surface area (Å²) < 4.78 is 4.88. The molecule has 6 nitrogen and oxygen atoms in total. The van der Waals surface area contributed by atoms with E-state index in [9.17, 15) is 4.79 Å². The highest BCUT2D eigenvalue weighted by molar-refractivity contribution is 5.77. The number of hydrogen-bond donors (Lipinski definition) is 3. The Morgan fingerprint density at radius 2 is 2.15 bits per heavy atom. The molecule has 1 aromatic rings. The predicted octanol–water partition coefficient (Wildman–Crippen LogP) is 0.544. The quantitative estimate of drug-likeness (QED) is 0.546. The molecule has 1 aromatic heterocycles. The third-order valence-electron chi connectivity index (χ3n) is 2.66. The van der Waals surface area contributed by atoms with Gasteiger partial charge in [0.25, 0.3) is 0 Å². The molecule has 0 aliphatic carbocycles. The largest absolute Gasteiger partial charge is 0.383 e. The number of nitrogens with one attached hydrogen (secondary N) is 3. The zero-order chi connectivity index (χ0) is 14.6. The molecule has 0 atom stereocenters. The van der Waals surface area contributed by atoms with Gasteiger partial charge in [-0.3, -0.25) is 4.79 Å². The van der Waals surface area contributed by atoms with Crippen molar-refractivity contribution in [1.29, 1.82) is 0 Å². The van der Waals surface area contributed by atoms with E-state index in [0.717, 1.165) is 24.3 Å². The fraction of sp³-hybridized carbons (Fsp3) is 0.571. The molecule has 0 aromatic carbocycles. The van der Waals surface area contributed by atoms with E-state index in [-0.39, 0.29) is 5.91 Å². The highest BCUT2D eigenvalue weighted by Crippen LogP contribution is 2.03. The number of carbonyl (C=O) groups excluding carboxylic acids is 1. The van der Waals surface area contributed by atoms with Crippen molar-refractivity contribution in [2.45, 2.75) is 13.3 Å². The Kier molecular flexibility index (Phi) is 8.33. The Hall–Kier alpha value is -1.66. The smallest absolute Gasteiger partial charge is 0.233 e. The molecule has 3 N–H and O–H groups in total. The predicted molar refractivity (Wildman–Crippen MR) is 79.8 cm³/mol. The molecule has 1 rings (SSSR count). The molecule has 0 fully saturated rings. The van der Waals surface area contributed by atoms with Crippen molar-refractivity contribution in [3.8, 4) is 0 Å². The van der Waals surface area contributed by atoms with Gasteiger partial charge in [-0.05, 0) is 25.0 Å². The Morgan fingerprint density at radius 3 is 2.85 bits per heavy atom. The molecule has 0 aliphatic rings. The first-order valence-corrected chi connectivity index (χ1v) is 6.85. The van der Waals surface area contributed by atoms with Crippen molar-refractivity contribution in [2.75, 3.05) is 45.2 Å². The van der Waals surface area contributed by atoms with Crippen LogP contribution in [0.4, 0.5) is 5.82 Å². The number of pyridine rings is 1. The molecule has 0 saturated heterocycles. The molecule has 0 saturated carbocycles. The van der Waals surface area contributed by atoms with Crippen LogP contribution < -0.4 is 16.0 Å². The molecule has 20 heavy (non-hydrogen) atoms. The van der Waals surface area contributed by atoms with E-state index < -0.39 is 0 Å². The number of carbonyl (C=O) groups is 1. The molecular formula is C14H24N4O2. The second-order valence-electron chi connectivity index (χ2n) is 4.52. The molecule has 112 valence electrons. The Labute approximate surface area is 120 Å². The second-order valence-corrected chi connectivity index (χ2v) is 4.52. The molecule has 0 radical (unpaired) electrons. The van der Waals surface area contributed by atoms with Gasteiger partial charge in [-0.15, -0.1) is 0 Å².